The van der Waals surface area contributed by atoms with Gasteiger partial charge in [-0.15, -0.1) is 0 Å². The van der Waals surface area contributed by atoms with Crippen LogP contribution in [0.2, 0.25) is 0 Å². The highest BCUT2D eigenvalue weighted by Crippen LogP contribution is 2.49. The second-order valence-corrected chi connectivity index (χ2v) is 5.35. The Morgan fingerprint density at radius 2 is 2.19 bits per heavy atom. The first kappa shape index (κ1) is 12.0. The Bertz CT molecular complexity index is 387. The highest BCUT2D eigenvalue weighted by molar-refractivity contribution is 9.10. The molecule has 1 aliphatic rings. The van der Waals surface area contributed by atoms with Gasteiger partial charge in [0.05, 0.1) is 10.6 Å². The number of aliphatic hydroxyl groups excluding tert-OH is 1. The van der Waals surface area contributed by atoms with Gasteiger partial charge in [-0.1, -0.05) is 12.5 Å². The molecule has 0 heterocycles. The van der Waals surface area contributed by atoms with Gasteiger partial charge in [0, 0.05) is 12.0 Å². The van der Waals surface area contributed by atoms with Crippen molar-refractivity contribution in [2.24, 2.45) is 11.1 Å². The topological polar surface area (TPSA) is 46.2 Å². The molecule has 4 heteroatoms. The van der Waals surface area contributed by atoms with E-state index in [0.29, 0.717) is 11.0 Å². The lowest BCUT2D eigenvalue weighted by molar-refractivity contribution is -0.0297. The molecule has 0 aliphatic heterocycles. The SMILES string of the molecule is NCC1(C(O)c2ccc(F)c(Br)c2)CCC1. The zero-order valence-corrected chi connectivity index (χ0v) is 10.5. The molecule has 1 atom stereocenters. The molecule has 0 saturated heterocycles. The summed E-state index contributed by atoms with van der Waals surface area (Å²) in [5, 5.41) is 10.3. The number of hydrogen-bond donors (Lipinski definition) is 2. The normalized spacial score (nSPS) is 20.2. The predicted molar refractivity (Wildman–Crippen MR) is 64.4 cm³/mol. The second-order valence-electron chi connectivity index (χ2n) is 4.50. The average Bonchev–Trinajstić information content (AvgIpc) is 2.21. The number of halogens is 2. The lowest BCUT2D eigenvalue weighted by Crippen LogP contribution is -2.42. The summed E-state index contributed by atoms with van der Waals surface area (Å²) in [5.41, 5.74) is 6.27. The molecule has 2 nitrogen and oxygen atoms in total. The summed E-state index contributed by atoms with van der Waals surface area (Å²) < 4.78 is 13.5. The van der Waals surface area contributed by atoms with Gasteiger partial charge in [-0.25, -0.2) is 4.39 Å². The van der Waals surface area contributed by atoms with Crippen molar-refractivity contribution in [3.8, 4) is 0 Å². The van der Waals surface area contributed by atoms with Gasteiger partial charge in [-0.05, 0) is 46.5 Å². The average molecular weight is 288 g/mol. The molecule has 1 fully saturated rings. The van der Waals surface area contributed by atoms with E-state index in [0.717, 1.165) is 24.8 Å². The number of benzene rings is 1. The number of nitrogens with two attached hydrogens (primary N) is 1. The molecule has 1 aliphatic carbocycles. The maximum Gasteiger partial charge on any atom is 0.137 e. The van der Waals surface area contributed by atoms with Crippen molar-refractivity contribution in [2.45, 2.75) is 25.4 Å². The number of aliphatic hydroxyl groups is 1. The van der Waals surface area contributed by atoms with Gasteiger partial charge in [0.2, 0.25) is 0 Å². The summed E-state index contributed by atoms with van der Waals surface area (Å²) in [4.78, 5) is 0. The van der Waals surface area contributed by atoms with Crippen molar-refractivity contribution in [1.29, 1.82) is 0 Å². The standard InChI is InChI=1S/C12H15BrFNO/c13-9-6-8(2-3-10(9)14)11(16)12(7-15)4-1-5-12/h2-3,6,11,16H,1,4-5,7,15H2. The van der Waals surface area contributed by atoms with Crippen LogP contribution in [0.1, 0.15) is 30.9 Å². The van der Waals surface area contributed by atoms with E-state index >= 15 is 0 Å². The Balaban J connectivity index is 2.26. The van der Waals surface area contributed by atoms with Crippen LogP contribution in [0.4, 0.5) is 4.39 Å². The molecule has 88 valence electrons. The Hall–Kier alpha value is -0.450. The molecule has 3 N–H and O–H groups in total. The smallest absolute Gasteiger partial charge is 0.137 e. The third kappa shape index (κ3) is 1.90. The largest absolute Gasteiger partial charge is 0.388 e. The highest BCUT2D eigenvalue weighted by atomic mass is 79.9. The summed E-state index contributed by atoms with van der Waals surface area (Å²) in [6.07, 6.45) is 2.40. The van der Waals surface area contributed by atoms with Crippen molar-refractivity contribution < 1.29 is 9.50 Å². The molecule has 0 aromatic heterocycles. The van der Waals surface area contributed by atoms with Gasteiger partial charge in [-0.2, -0.15) is 0 Å². The van der Waals surface area contributed by atoms with E-state index in [1.54, 1.807) is 12.1 Å². The van der Waals surface area contributed by atoms with E-state index in [2.05, 4.69) is 15.9 Å². The first-order valence-corrected chi connectivity index (χ1v) is 6.21. The minimum absolute atomic E-state index is 0.197. The second kappa shape index (κ2) is 4.43. The number of hydrogen-bond acceptors (Lipinski definition) is 2. The Morgan fingerprint density at radius 3 is 2.62 bits per heavy atom. The minimum atomic E-state index is -0.594. The van der Waals surface area contributed by atoms with Crippen LogP contribution in [0.3, 0.4) is 0 Å². The van der Waals surface area contributed by atoms with Gasteiger partial charge in [-0.3, -0.25) is 0 Å². The van der Waals surface area contributed by atoms with E-state index in [1.807, 2.05) is 0 Å². The number of rotatable bonds is 3. The maximum absolute atomic E-state index is 13.1. The van der Waals surface area contributed by atoms with E-state index in [1.165, 1.54) is 6.07 Å². The van der Waals surface area contributed by atoms with Crippen molar-refractivity contribution in [3.05, 3.63) is 34.1 Å². The van der Waals surface area contributed by atoms with Crippen molar-refractivity contribution >= 4 is 15.9 Å². The third-order valence-electron chi connectivity index (χ3n) is 3.60. The molecule has 16 heavy (non-hydrogen) atoms. The molecule has 1 aromatic rings. The van der Waals surface area contributed by atoms with E-state index in [9.17, 15) is 9.50 Å². The summed E-state index contributed by atoms with van der Waals surface area (Å²) in [6, 6.07) is 4.63. The van der Waals surface area contributed by atoms with Crippen LogP contribution < -0.4 is 5.73 Å². The molecule has 1 saturated carbocycles. The maximum atomic E-state index is 13.1. The van der Waals surface area contributed by atoms with Gasteiger partial charge in [0.15, 0.2) is 0 Å². The summed E-state index contributed by atoms with van der Waals surface area (Å²) in [7, 11) is 0. The van der Waals surface area contributed by atoms with Crippen LogP contribution in [0.5, 0.6) is 0 Å². The van der Waals surface area contributed by atoms with Gasteiger partial charge < -0.3 is 10.8 Å². The fraction of sp³-hybridized carbons (Fsp3) is 0.500. The van der Waals surface area contributed by atoms with E-state index < -0.39 is 6.10 Å². The summed E-state index contributed by atoms with van der Waals surface area (Å²) in [5.74, 6) is -0.314. The fourth-order valence-corrected chi connectivity index (χ4v) is 2.65. The quantitative estimate of drug-likeness (QED) is 0.898. The van der Waals surface area contributed by atoms with Gasteiger partial charge in [0.25, 0.3) is 0 Å². The van der Waals surface area contributed by atoms with E-state index in [4.69, 9.17) is 5.73 Å². The first-order chi connectivity index (χ1) is 7.59. The van der Waals surface area contributed by atoms with Crippen LogP contribution in [-0.4, -0.2) is 11.7 Å². The van der Waals surface area contributed by atoms with E-state index in [-0.39, 0.29) is 11.2 Å². The molecular weight excluding hydrogens is 273 g/mol. The highest BCUT2D eigenvalue weighted by Gasteiger charge is 2.42. The summed E-state index contributed by atoms with van der Waals surface area (Å²) in [6.45, 7) is 0.475. The molecule has 0 spiro atoms. The molecule has 0 bridgehead atoms. The molecular formula is C12H15BrFNO. The Morgan fingerprint density at radius 1 is 1.50 bits per heavy atom. The molecule has 1 unspecified atom stereocenters. The predicted octanol–water partition coefficient (Wildman–Crippen LogP) is 2.75. The molecule has 0 amide bonds. The Labute approximate surface area is 103 Å². The lowest BCUT2D eigenvalue weighted by atomic mass is 9.63. The molecule has 2 rings (SSSR count). The zero-order chi connectivity index (χ0) is 11.8. The van der Waals surface area contributed by atoms with Crippen LogP contribution in [0.15, 0.2) is 22.7 Å². The monoisotopic (exact) mass is 287 g/mol. The lowest BCUT2D eigenvalue weighted by Gasteiger charge is -2.44. The van der Waals surface area contributed by atoms with Crippen molar-refractivity contribution in [2.75, 3.05) is 6.54 Å². The third-order valence-corrected chi connectivity index (χ3v) is 4.20. The Kier molecular flexibility index (Phi) is 3.33. The van der Waals surface area contributed by atoms with Crippen molar-refractivity contribution in [3.63, 3.8) is 0 Å². The van der Waals surface area contributed by atoms with Crippen LogP contribution >= 0.6 is 15.9 Å². The molecule has 0 radical (unpaired) electrons. The van der Waals surface area contributed by atoms with Crippen LogP contribution in [0.25, 0.3) is 0 Å². The molecule has 1 aromatic carbocycles. The first-order valence-electron chi connectivity index (χ1n) is 5.42. The fourth-order valence-electron chi connectivity index (χ4n) is 2.26. The summed E-state index contributed by atoms with van der Waals surface area (Å²) >= 11 is 3.13. The minimum Gasteiger partial charge on any atom is -0.388 e. The van der Waals surface area contributed by atoms with Crippen LogP contribution in [0, 0.1) is 11.2 Å². The van der Waals surface area contributed by atoms with Crippen molar-refractivity contribution in [1.82, 2.24) is 0 Å². The zero-order valence-electron chi connectivity index (χ0n) is 8.92. The van der Waals surface area contributed by atoms with Crippen LogP contribution in [-0.2, 0) is 0 Å². The van der Waals surface area contributed by atoms with Gasteiger partial charge in [0.1, 0.15) is 5.82 Å². The van der Waals surface area contributed by atoms with Gasteiger partial charge >= 0.3 is 0 Å².